The fourth-order valence-electron chi connectivity index (χ4n) is 3.06. The highest BCUT2D eigenvalue weighted by atomic mass is 32.2. The van der Waals surface area contributed by atoms with E-state index in [1.54, 1.807) is 7.05 Å². The molecule has 0 bridgehead atoms. The molecule has 0 aromatic rings. The average molecular weight is 321 g/mol. The van der Waals surface area contributed by atoms with Crippen LogP contribution >= 0.6 is 0 Å². The van der Waals surface area contributed by atoms with Crippen molar-refractivity contribution in [2.24, 2.45) is 0 Å². The molecule has 21 heavy (non-hydrogen) atoms. The van der Waals surface area contributed by atoms with Gasteiger partial charge < -0.3 is 19.5 Å². The van der Waals surface area contributed by atoms with Gasteiger partial charge in [0.25, 0.3) is 0 Å². The second kappa shape index (κ2) is 6.60. The van der Waals surface area contributed by atoms with Crippen molar-refractivity contribution in [3.8, 4) is 0 Å². The summed E-state index contributed by atoms with van der Waals surface area (Å²) >= 11 is 0. The minimum atomic E-state index is -3.44. The van der Waals surface area contributed by atoms with E-state index < -0.39 is 26.8 Å². The van der Waals surface area contributed by atoms with Crippen LogP contribution in [0.3, 0.4) is 0 Å². The molecule has 1 N–H and O–H groups in total. The second-order valence-electron chi connectivity index (χ2n) is 5.48. The Morgan fingerprint density at radius 1 is 1.38 bits per heavy atom. The van der Waals surface area contributed by atoms with Gasteiger partial charge in [-0.3, -0.25) is 4.79 Å². The van der Waals surface area contributed by atoms with E-state index in [1.165, 1.54) is 7.11 Å². The summed E-state index contributed by atoms with van der Waals surface area (Å²) < 4.78 is 40.9. The molecule has 2 atom stereocenters. The lowest BCUT2D eigenvalue weighted by molar-refractivity contribution is -0.178. The molecule has 8 heteroatoms. The molecule has 2 unspecified atom stereocenters. The summed E-state index contributed by atoms with van der Waals surface area (Å²) in [5, 5.41) is 2.45. The third-order valence-corrected chi connectivity index (χ3v) is 6.45. The van der Waals surface area contributed by atoms with Gasteiger partial charge in [-0.2, -0.15) is 0 Å². The molecular weight excluding hydrogens is 298 g/mol. The molecule has 1 aliphatic carbocycles. The van der Waals surface area contributed by atoms with Gasteiger partial charge in [0.2, 0.25) is 0 Å². The number of methoxy groups -OCH3 is 1. The highest BCUT2D eigenvalue weighted by Crippen LogP contribution is 2.38. The first kappa shape index (κ1) is 16.7. The van der Waals surface area contributed by atoms with E-state index >= 15 is 0 Å². The number of rotatable bonds is 5. The van der Waals surface area contributed by atoms with Gasteiger partial charge in [-0.15, -0.1) is 0 Å². The van der Waals surface area contributed by atoms with Crippen LogP contribution in [0.5, 0.6) is 0 Å². The van der Waals surface area contributed by atoms with Crippen molar-refractivity contribution in [3.05, 3.63) is 0 Å². The summed E-state index contributed by atoms with van der Waals surface area (Å²) in [7, 11) is -0.434. The van der Waals surface area contributed by atoms with Gasteiger partial charge in [-0.1, -0.05) is 0 Å². The number of hydrogen-bond donors (Lipinski definition) is 1. The highest BCUT2D eigenvalue weighted by molar-refractivity contribution is 7.92. The summed E-state index contributed by atoms with van der Waals surface area (Å²) in [5.74, 6) is -1.49. The van der Waals surface area contributed by atoms with E-state index in [2.05, 4.69) is 10.1 Å². The van der Waals surface area contributed by atoms with Crippen molar-refractivity contribution < 1.29 is 27.4 Å². The number of carbonyl (C=O) groups excluding carboxylic acids is 1. The molecule has 1 saturated heterocycles. The third-order valence-electron chi connectivity index (χ3n) is 4.26. The SMILES string of the molecule is CNC1CCC2(CC1S(=O)(=O)CCC(=O)OC)OCCO2. The Hall–Kier alpha value is -0.700. The van der Waals surface area contributed by atoms with Crippen LogP contribution in [0.2, 0.25) is 0 Å². The van der Waals surface area contributed by atoms with Crippen LogP contribution in [-0.4, -0.2) is 64.6 Å². The molecule has 0 aromatic heterocycles. The molecule has 2 rings (SSSR count). The lowest BCUT2D eigenvalue weighted by Crippen LogP contribution is -2.53. The zero-order valence-electron chi connectivity index (χ0n) is 12.5. The molecule has 0 amide bonds. The molecule has 1 heterocycles. The first-order chi connectivity index (χ1) is 9.92. The first-order valence-electron chi connectivity index (χ1n) is 7.16. The maximum atomic E-state index is 12.6. The quantitative estimate of drug-likeness (QED) is 0.704. The van der Waals surface area contributed by atoms with Gasteiger partial charge in [-0.05, 0) is 13.5 Å². The Bertz CT molecular complexity index is 471. The maximum absolute atomic E-state index is 12.6. The van der Waals surface area contributed by atoms with Gasteiger partial charge in [0, 0.05) is 18.9 Å². The highest BCUT2D eigenvalue weighted by Gasteiger charge is 2.49. The number of carbonyl (C=O) groups is 1. The van der Waals surface area contributed by atoms with Crippen LogP contribution in [0.1, 0.15) is 25.7 Å². The molecule has 0 aromatic carbocycles. The minimum Gasteiger partial charge on any atom is -0.469 e. The van der Waals surface area contributed by atoms with Crippen molar-refractivity contribution in [2.45, 2.75) is 42.8 Å². The van der Waals surface area contributed by atoms with E-state index in [4.69, 9.17) is 9.47 Å². The monoisotopic (exact) mass is 321 g/mol. The largest absolute Gasteiger partial charge is 0.469 e. The van der Waals surface area contributed by atoms with Crippen molar-refractivity contribution in [1.82, 2.24) is 5.32 Å². The zero-order chi connectivity index (χ0) is 15.5. The Balaban J connectivity index is 2.10. The van der Waals surface area contributed by atoms with Crippen LogP contribution in [0, 0.1) is 0 Å². The molecule has 1 aliphatic heterocycles. The van der Waals surface area contributed by atoms with Crippen molar-refractivity contribution in [2.75, 3.05) is 33.1 Å². The molecule has 7 nitrogen and oxygen atoms in total. The molecule has 122 valence electrons. The predicted molar refractivity (Wildman–Crippen MR) is 75.5 cm³/mol. The Labute approximate surface area is 125 Å². The van der Waals surface area contributed by atoms with E-state index in [-0.39, 0.29) is 18.2 Å². The van der Waals surface area contributed by atoms with Crippen LogP contribution in [0.4, 0.5) is 0 Å². The van der Waals surface area contributed by atoms with Crippen molar-refractivity contribution in [1.29, 1.82) is 0 Å². The number of ether oxygens (including phenoxy) is 3. The number of sulfone groups is 1. The minimum absolute atomic E-state index is 0.125. The summed E-state index contributed by atoms with van der Waals surface area (Å²) in [6.07, 6.45) is 1.53. The van der Waals surface area contributed by atoms with Gasteiger partial charge >= 0.3 is 5.97 Å². The number of esters is 1. The third kappa shape index (κ3) is 3.74. The Kier molecular flexibility index (Phi) is 5.24. The van der Waals surface area contributed by atoms with Gasteiger partial charge in [0.05, 0.1) is 37.7 Å². The molecule has 2 fully saturated rings. The number of nitrogens with one attached hydrogen (secondary N) is 1. The molecular formula is C13H23NO6S. The van der Waals surface area contributed by atoms with Crippen LogP contribution < -0.4 is 5.32 Å². The maximum Gasteiger partial charge on any atom is 0.306 e. The predicted octanol–water partition coefficient (Wildman–Crippen LogP) is -0.152. The van der Waals surface area contributed by atoms with E-state index in [0.717, 1.165) is 0 Å². The zero-order valence-corrected chi connectivity index (χ0v) is 13.3. The molecule has 1 saturated carbocycles. The second-order valence-corrected chi connectivity index (χ2v) is 7.82. The fraction of sp³-hybridized carbons (Fsp3) is 0.923. The van der Waals surface area contributed by atoms with E-state index in [1.807, 2.05) is 0 Å². The normalized spacial score (nSPS) is 28.7. The lowest BCUT2D eigenvalue weighted by atomic mass is 9.89. The summed E-state index contributed by atoms with van der Waals surface area (Å²) in [6.45, 7) is 0.998. The molecule has 1 spiro atoms. The van der Waals surface area contributed by atoms with Crippen LogP contribution in [0.25, 0.3) is 0 Å². The van der Waals surface area contributed by atoms with Gasteiger partial charge in [-0.25, -0.2) is 8.42 Å². The van der Waals surface area contributed by atoms with E-state index in [0.29, 0.717) is 32.5 Å². The summed E-state index contributed by atoms with van der Waals surface area (Å²) in [5.41, 5.74) is 0. The lowest BCUT2D eigenvalue weighted by Gasteiger charge is -2.40. The Morgan fingerprint density at radius 3 is 2.62 bits per heavy atom. The Morgan fingerprint density at radius 2 is 2.05 bits per heavy atom. The first-order valence-corrected chi connectivity index (χ1v) is 8.87. The van der Waals surface area contributed by atoms with Crippen LogP contribution in [-0.2, 0) is 28.8 Å². The fourth-order valence-corrected chi connectivity index (χ4v) is 5.09. The standard InChI is InChI=1S/C13H23NO6S/c1-14-10-3-5-13(19-6-7-20-13)9-11(10)21(16,17)8-4-12(15)18-2/h10-11,14H,3-9H2,1-2H3. The topological polar surface area (TPSA) is 90.9 Å². The summed E-state index contributed by atoms with van der Waals surface area (Å²) in [6, 6.07) is -0.147. The van der Waals surface area contributed by atoms with Gasteiger partial charge in [0.15, 0.2) is 15.6 Å². The molecule has 2 aliphatic rings. The smallest absolute Gasteiger partial charge is 0.306 e. The van der Waals surface area contributed by atoms with E-state index in [9.17, 15) is 13.2 Å². The molecule has 0 radical (unpaired) electrons. The average Bonchev–Trinajstić information content (AvgIpc) is 2.93. The number of hydrogen-bond acceptors (Lipinski definition) is 7. The van der Waals surface area contributed by atoms with Crippen molar-refractivity contribution >= 4 is 15.8 Å². The summed E-state index contributed by atoms with van der Waals surface area (Å²) in [4.78, 5) is 11.2. The van der Waals surface area contributed by atoms with Crippen LogP contribution in [0.15, 0.2) is 0 Å². The van der Waals surface area contributed by atoms with Crippen molar-refractivity contribution in [3.63, 3.8) is 0 Å². The van der Waals surface area contributed by atoms with Gasteiger partial charge in [0.1, 0.15) is 0 Å².